The Morgan fingerprint density at radius 2 is 1.60 bits per heavy atom. The van der Waals surface area contributed by atoms with E-state index in [1.165, 1.54) is 0 Å². The van der Waals surface area contributed by atoms with Crippen LogP contribution >= 0.6 is 0 Å². The zero-order valence-electron chi connectivity index (χ0n) is 11.0. The largest absolute Gasteiger partial charge is 0.481 e. The smallest absolute Gasteiger partial charge is 0.406 e. The Kier molecular flexibility index (Phi) is 4.25. The summed E-state index contributed by atoms with van der Waals surface area (Å²) in [5.74, 6) is -3.35. The maximum Gasteiger partial charge on any atom is 0.406 e. The van der Waals surface area contributed by atoms with Gasteiger partial charge in [0.15, 0.2) is 0 Å². The van der Waals surface area contributed by atoms with Crippen molar-refractivity contribution in [2.24, 2.45) is 11.8 Å². The average Bonchev–Trinajstić information content (AvgIpc) is 3.18. The molecule has 0 saturated heterocycles. The van der Waals surface area contributed by atoms with Crippen molar-refractivity contribution in [3.05, 3.63) is 0 Å². The first-order valence-corrected chi connectivity index (χ1v) is 6.89. The van der Waals surface area contributed by atoms with Gasteiger partial charge in [-0.2, -0.15) is 13.2 Å². The van der Waals surface area contributed by atoms with E-state index in [9.17, 15) is 22.8 Å². The molecule has 1 amide bonds. The average molecular weight is 293 g/mol. The Bertz CT molecular complexity index is 393. The summed E-state index contributed by atoms with van der Waals surface area (Å²) >= 11 is 0. The van der Waals surface area contributed by atoms with Crippen molar-refractivity contribution in [3.8, 4) is 0 Å². The zero-order chi connectivity index (χ0) is 14.9. The number of carbonyl (C=O) groups excluding carboxylic acids is 1. The Morgan fingerprint density at radius 1 is 1.05 bits per heavy atom. The maximum absolute atomic E-state index is 12.6. The highest BCUT2D eigenvalue weighted by Crippen LogP contribution is 2.36. The van der Waals surface area contributed by atoms with Crippen LogP contribution in [0.15, 0.2) is 0 Å². The molecule has 0 aromatic carbocycles. The molecule has 4 nitrogen and oxygen atoms in total. The number of alkyl halides is 3. The molecule has 2 aliphatic rings. The van der Waals surface area contributed by atoms with E-state index >= 15 is 0 Å². The van der Waals surface area contributed by atoms with E-state index in [1.807, 2.05) is 0 Å². The Labute approximate surface area is 114 Å². The first-order chi connectivity index (χ1) is 9.29. The lowest BCUT2D eigenvalue weighted by molar-refractivity contribution is -0.169. The molecular formula is C13H18F3NO3. The maximum atomic E-state index is 12.6. The van der Waals surface area contributed by atoms with Crippen LogP contribution in [-0.2, 0) is 9.59 Å². The van der Waals surface area contributed by atoms with Gasteiger partial charge in [-0.05, 0) is 25.7 Å². The molecular weight excluding hydrogens is 275 g/mol. The highest BCUT2D eigenvalue weighted by atomic mass is 19.4. The normalized spacial score (nSPS) is 27.1. The molecule has 2 saturated carbocycles. The van der Waals surface area contributed by atoms with E-state index < -0.39 is 36.4 Å². The number of rotatable bonds is 4. The van der Waals surface area contributed by atoms with Gasteiger partial charge in [-0.3, -0.25) is 9.59 Å². The third kappa shape index (κ3) is 3.64. The van der Waals surface area contributed by atoms with Gasteiger partial charge in [0.1, 0.15) is 6.54 Å². The number of nitrogens with zero attached hydrogens (tertiary/aromatic N) is 1. The van der Waals surface area contributed by atoms with Crippen LogP contribution in [0.4, 0.5) is 13.2 Å². The SMILES string of the molecule is O=C(O)C1CCCCC1C(=O)N(CC(F)(F)F)C1CC1. The minimum atomic E-state index is -4.44. The molecule has 1 N–H and O–H groups in total. The molecule has 0 aromatic heterocycles. The second kappa shape index (κ2) is 5.61. The van der Waals surface area contributed by atoms with E-state index in [2.05, 4.69) is 0 Å². The van der Waals surface area contributed by atoms with Crippen LogP contribution in [0.3, 0.4) is 0 Å². The summed E-state index contributed by atoms with van der Waals surface area (Å²) in [5, 5.41) is 9.13. The van der Waals surface area contributed by atoms with Gasteiger partial charge in [-0.25, -0.2) is 0 Å². The number of hydrogen-bond donors (Lipinski definition) is 1. The van der Waals surface area contributed by atoms with E-state index in [-0.39, 0.29) is 6.04 Å². The summed E-state index contributed by atoms with van der Waals surface area (Å²) in [4.78, 5) is 24.4. The van der Waals surface area contributed by atoms with Crippen molar-refractivity contribution < 1.29 is 27.9 Å². The van der Waals surface area contributed by atoms with Gasteiger partial charge in [-0.1, -0.05) is 12.8 Å². The lowest BCUT2D eigenvalue weighted by Crippen LogP contribution is -2.47. The molecule has 2 atom stereocenters. The molecule has 7 heteroatoms. The molecule has 2 unspecified atom stereocenters. The second-order valence-electron chi connectivity index (χ2n) is 5.65. The molecule has 0 aromatic rings. The number of aliphatic carboxylic acids is 1. The minimum absolute atomic E-state index is 0.361. The number of carboxylic acids is 1. The molecule has 0 aliphatic heterocycles. The van der Waals surface area contributed by atoms with E-state index in [4.69, 9.17) is 5.11 Å². The third-order valence-electron chi connectivity index (χ3n) is 4.02. The van der Waals surface area contributed by atoms with Gasteiger partial charge in [0.25, 0.3) is 0 Å². The topological polar surface area (TPSA) is 57.6 Å². The summed E-state index contributed by atoms with van der Waals surface area (Å²) in [5.41, 5.74) is 0. The summed E-state index contributed by atoms with van der Waals surface area (Å²) in [7, 11) is 0. The van der Waals surface area contributed by atoms with E-state index in [0.29, 0.717) is 38.5 Å². The Morgan fingerprint density at radius 3 is 2.05 bits per heavy atom. The van der Waals surface area contributed by atoms with Crippen LogP contribution in [0.2, 0.25) is 0 Å². The minimum Gasteiger partial charge on any atom is -0.481 e. The monoisotopic (exact) mass is 293 g/mol. The zero-order valence-corrected chi connectivity index (χ0v) is 11.0. The molecule has 2 fully saturated rings. The van der Waals surface area contributed by atoms with Crippen molar-refractivity contribution >= 4 is 11.9 Å². The number of amides is 1. The van der Waals surface area contributed by atoms with Crippen molar-refractivity contribution in [2.75, 3.05) is 6.54 Å². The number of carbonyl (C=O) groups is 2. The first-order valence-electron chi connectivity index (χ1n) is 6.89. The summed E-state index contributed by atoms with van der Waals surface area (Å²) in [6.45, 7) is -1.26. The predicted octanol–water partition coefficient (Wildman–Crippen LogP) is 2.43. The highest BCUT2D eigenvalue weighted by molar-refractivity contribution is 5.85. The van der Waals surface area contributed by atoms with Crippen LogP contribution in [0, 0.1) is 11.8 Å². The third-order valence-corrected chi connectivity index (χ3v) is 4.02. The van der Waals surface area contributed by atoms with Gasteiger partial charge < -0.3 is 10.0 Å². The number of halogens is 3. The molecule has 114 valence electrons. The summed E-state index contributed by atoms with van der Waals surface area (Å²) in [6.07, 6.45) is -1.13. The lowest BCUT2D eigenvalue weighted by Gasteiger charge is -2.33. The quantitative estimate of drug-likeness (QED) is 0.866. The Hall–Kier alpha value is -1.27. The van der Waals surface area contributed by atoms with Crippen LogP contribution in [0.5, 0.6) is 0 Å². The fraction of sp³-hybridized carbons (Fsp3) is 0.846. The van der Waals surface area contributed by atoms with Gasteiger partial charge in [0.05, 0.1) is 11.8 Å². The highest BCUT2D eigenvalue weighted by Gasteiger charge is 2.45. The predicted molar refractivity (Wildman–Crippen MR) is 63.9 cm³/mol. The van der Waals surface area contributed by atoms with E-state index in [1.54, 1.807) is 0 Å². The van der Waals surface area contributed by atoms with Crippen LogP contribution < -0.4 is 0 Å². The molecule has 0 bridgehead atoms. The standard InChI is InChI=1S/C13H18F3NO3/c14-13(15,16)7-17(8-5-6-8)11(18)9-3-1-2-4-10(9)12(19)20/h8-10H,1-7H2,(H,19,20). The van der Waals surface area contributed by atoms with Crippen molar-refractivity contribution in [2.45, 2.75) is 50.7 Å². The lowest BCUT2D eigenvalue weighted by atomic mass is 9.78. The molecule has 0 spiro atoms. The van der Waals surface area contributed by atoms with Crippen molar-refractivity contribution in [1.29, 1.82) is 0 Å². The summed E-state index contributed by atoms with van der Waals surface area (Å²) in [6, 6.07) is -0.361. The van der Waals surface area contributed by atoms with Gasteiger partial charge in [0, 0.05) is 6.04 Å². The van der Waals surface area contributed by atoms with E-state index in [0.717, 1.165) is 4.90 Å². The fourth-order valence-corrected chi connectivity index (χ4v) is 2.90. The second-order valence-corrected chi connectivity index (χ2v) is 5.65. The van der Waals surface area contributed by atoms with Gasteiger partial charge in [-0.15, -0.1) is 0 Å². The van der Waals surface area contributed by atoms with Gasteiger partial charge in [0.2, 0.25) is 5.91 Å². The van der Waals surface area contributed by atoms with Crippen LogP contribution in [-0.4, -0.2) is 40.6 Å². The van der Waals surface area contributed by atoms with Crippen molar-refractivity contribution in [3.63, 3.8) is 0 Å². The first kappa shape index (κ1) is 15.1. The summed E-state index contributed by atoms with van der Waals surface area (Å²) < 4.78 is 37.7. The number of carboxylic acid groups (broad SMARTS) is 1. The molecule has 2 aliphatic carbocycles. The molecule has 20 heavy (non-hydrogen) atoms. The fourth-order valence-electron chi connectivity index (χ4n) is 2.90. The van der Waals surface area contributed by atoms with Crippen LogP contribution in [0.1, 0.15) is 38.5 Å². The molecule has 0 heterocycles. The van der Waals surface area contributed by atoms with Crippen LogP contribution in [0.25, 0.3) is 0 Å². The molecule has 2 rings (SSSR count). The van der Waals surface area contributed by atoms with Crippen molar-refractivity contribution in [1.82, 2.24) is 4.90 Å². The Balaban J connectivity index is 2.11. The number of hydrogen-bond acceptors (Lipinski definition) is 2. The molecule has 0 radical (unpaired) electrons. The van der Waals surface area contributed by atoms with Gasteiger partial charge >= 0.3 is 12.1 Å².